The standard InChI is InChI=1S/C16H18BrNO4S/c1-4-5-6-18-15(19)14(23-16(18)20)8-10-7-11(17)13(22-3)9-12(10)21-2/h7-9H,4-6H2,1-3H3/b14-8-. The van der Waals surface area contributed by atoms with Gasteiger partial charge in [0.25, 0.3) is 11.1 Å². The van der Waals surface area contributed by atoms with Gasteiger partial charge in [-0.05, 0) is 46.3 Å². The molecular formula is C16H18BrNO4S. The fourth-order valence-electron chi connectivity index (χ4n) is 2.15. The number of nitrogens with zero attached hydrogens (tertiary/aromatic N) is 1. The highest BCUT2D eigenvalue weighted by molar-refractivity contribution is 9.10. The van der Waals surface area contributed by atoms with Crippen molar-refractivity contribution in [2.24, 2.45) is 0 Å². The zero-order valence-electron chi connectivity index (χ0n) is 13.2. The SMILES string of the molecule is CCCCN1C(=O)S/C(=C\c2cc(Br)c(OC)cc2OC)C1=O. The molecular weight excluding hydrogens is 382 g/mol. The Morgan fingerprint density at radius 2 is 1.91 bits per heavy atom. The van der Waals surface area contributed by atoms with E-state index in [2.05, 4.69) is 15.9 Å². The van der Waals surface area contributed by atoms with Crippen molar-refractivity contribution in [3.8, 4) is 11.5 Å². The smallest absolute Gasteiger partial charge is 0.293 e. The second kappa shape index (κ2) is 7.88. The topological polar surface area (TPSA) is 55.8 Å². The van der Waals surface area contributed by atoms with Crippen LogP contribution in [0, 0.1) is 0 Å². The lowest BCUT2D eigenvalue weighted by atomic mass is 10.1. The van der Waals surface area contributed by atoms with Crippen LogP contribution < -0.4 is 9.47 Å². The Bertz CT molecular complexity index is 660. The summed E-state index contributed by atoms with van der Waals surface area (Å²) in [6.07, 6.45) is 3.42. The van der Waals surface area contributed by atoms with Crippen LogP contribution in [0.1, 0.15) is 25.3 Å². The molecule has 5 nitrogen and oxygen atoms in total. The van der Waals surface area contributed by atoms with Crippen molar-refractivity contribution in [3.05, 3.63) is 27.1 Å². The molecule has 0 N–H and O–H groups in total. The molecule has 1 aliphatic heterocycles. The Labute approximate surface area is 148 Å². The summed E-state index contributed by atoms with van der Waals surface area (Å²) >= 11 is 4.37. The van der Waals surface area contributed by atoms with E-state index < -0.39 is 0 Å². The van der Waals surface area contributed by atoms with Gasteiger partial charge in [-0.15, -0.1) is 0 Å². The molecule has 2 amide bonds. The molecule has 0 saturated carbocycles. The fourth-order valence-corrected chi connectivity index (χ4v) is 3.53. The fraction of sp³-hybridized carbons (Fsp3) is 0.375. The lowest BCUT2D eigenvalue weighted by Crippen LogP contribution is -2.29. The van der Waals surface area contributed by atoms with Crippen molar-refractivity contribution >= 4 is 44.9 Å². The summed E-state index contributed by atoms with van der Waals surface area (Å²) in [6.45, 7) is 2.48. The number of rotatable bonds is 6. The number of methoxy groups -OCH3 is 2. The number of carbonyl (C=O) groups is 2. The highest BCUT2D eigenvalue weighted by Gasteiger charge is 2.34. The van der Waals surface area contributed by atoms with Crippen molar-refractivity contribution in [3.63, 3.8) is 0 Å². The van der Waals surface area contributed by atoms with Gasteiger partial charge in [-0.3, -0.25) is 14.5 Å². The normalized spacial score (nSPS) is 16.3. The Morgan fingerprint density at radius 1 is 1.22 bits per heavy atom. The van der Waals surface area contributed by atoms with Gasteiger partial charge < -0.3 is 9.47 Å². The number of hydrogen-bond acceptors (Lipinski definition) is 5. The maximum absolute atomic E-state index is 12.4. The van der Waals surface area contributed by atoms with Crippen LogP contribution in [0.15, 0.2) is 21.5 Å². The molecule has 1 aliphatic rings. The monoisotopic (exact) mass is 399 g/mol. The number of thioether (sulfide) groups is 1. The molecule has 7 heteroatoms. The third-order valence-electron chi connectivity index (χ3n) is 3.40. The summed E-state index contributed by atoms with van der Waals surface area (Å²) in [4.78, 5) is 26.1. The quantitative estimate of drug-likeness (QED) is 0.667. The number of carbonyl (C=O) groups excluding carboxylic acids is 2. The van der Waals surface area contributed by atoms with Crippen LogP contribution >= 0.6 is 27.7 Å². The Morgan fingerprint density at radius 3 is 2.52 bits per heavy atom. The average molecular weight is 400 g/mol. The van der Waals surface area contributed by atoms with Crippen molar-refractivity contribution in [1.82, 2.24) is 4.90 Å². The number of unbranched alkanes of at least 4 members (excludes halogenated alkanes) is 1. The molecule has 1 aromatic carbocycles. The first-order chi connectivity index (χ1) is 11.0. The van der Waals surface area contributed by atoms with Crippen LogP contribution in [0.25, 0.3) is 6.08 Å². The van der Waals surface area contributed by atoms with Gasteiger partial charge in [0.15, 0.2) is 0 Å². The maximum Gasteiger partial charge on any atom is 0.293 e. The largest absolute Gasteiger partial charge is 0.496 e. The van der Waals surface area contributed by atoms with Gasteiger partial charge in [0.1, 0.15) is 11.5 Å². The minimum atomic E-state index is -0.248. The molecule has 0 aromatic heterocycles. The predicted octanol–water partition coefficient (Wildman–Crippen LogP) is 4.30. The molecule has 23 heavy (non-hydrogen) atoms. The van der Waals surface area contributed by atoms with Gasteiger partial charge in [0, 0.05) is 18.2 Å². The number of imide groups is 1. The molecule has 0 atom stereocenters. The summed E-state index contributed by atoms with van der Waals surface area (Å²) in [5.41, 5.74) is 0.709. The third-order valence-corrected chi connectivity index (χ3v) is 4.93. The molecule has 1 fully saturated rings. The van der Waals surface area contributed by atoms with E-state index in [4.69, 9.17) is 9.47 Å². The molecule has 0 radical (unpaired) electrons. The highest BCUT2D eigenvalue weighted by Crippen LogP contribution is 2.37. The molecule has 0 bridgehead atoms. The molecule has 1 aromatic rings. The Hall–Kier alpha value is -1.47. The molecule has 0 aliphatic carbocycles. The Kier molecular flexibility index (Phi) is 6.12. The summed E-state index contributed by atoms with van der Waals surface area (Å²) in [5.74, 6) is 0.961. The van der Waals surface area contributed by atoms with Crippen LogP contribution in [0.5, 0.6) is 11.5 Å². The van der Waals surface area contributed by atoms with E-state index in [1.165, 1.54) is 4.90 Å². The van der Waals surface area contributed by atoms with Gasteiger partial charge in [0.05, 0.1) is 23.6 Å². The van der Waals surface area contributed by atoms with Crippen molar-refractivity contribution in [2.75, 3.05) is 20.8 Å². The lowest BCUT2D eigenvalue weighted by molar-refractivity contribution is -0.122. The average Bonchev–Trinajstić information content (AvgIpc) is 2.79. The molecule has 1 saturated heterocycles. The number of ether oxygens (including phenoxy) is 2. The van der Waals surface area contributed by atoms with E-state index >= 15 is 0 Å². The van der Waals surface area contributed by atoms with E-state index in [-0.39, 0.29) is 11.1 Å². The lowest BCUT2D eigenvalue weighted by Gasteiger charge is -2.11. The molecule has 124 valence electrons. The second-order valence-corrected chi connectivity index (χ2v) is 6.76. The number of amides is 2. The van der Waals surface area contributed by atoms with E-state index in [0.29, 0.717) is 28.5 Å². The molecule has 0 spiro atoms. The highest BCUT2D eigenvalue weighted by atomic mass is 79.9. The summed E-state index contributed by atoms with van der Waals surface area (Å²) in [5, 5.41) is -0.221. The zero-order chi connectivity index (χ0) is 17.0. The van der Waals surface area contributed by atoms with E-state index in [1.807, 2.05) is 6.92 Å². The van der Waals surface area contributed by atoms with E-state index in [9.17, 15) is 9.59 Å². The number of benzene rings is 1. The first-order valence-electron chi connectivity index (χ1n) is 7.18. The van der Waals surface area contributed by atoms with Gasteiger partial charge in [-0.1, -0.05) is 13.3 Å². The molecule has 1 heterocycles. The molecule has 0 unspecified atom stereocenters. The van der Waals surface area contributed by atoms with Crippen LogP contribution in [-0.2, 0) is 4.79 Å². The van der Waals surface area contributed by atoms with Gasteiger partial charge in [-0.2, -0.15) is 0 Å². The molecule has 2 rings (SSSR count). The van der Waals surface area contributed by atoms with Gasteiger partial charge in [0.2, 0.25) is 0 Å². The number of halogens is 1. The predicted molar refractivity (Wildman–Crippen MR) is 94.8 cm³/mol. The zero-order valence-corrected chi connectivity index (χ0v) is 15.6. The summed E-state index contributed by atoms with van der Waals surface area (Å²) < 4.78 is 11.3. The van der Waals surface area contributed by atoms with Crippen LogP contribution in [0.3, 0.4) is 0 Å². The van der Waals surface area contributed by atoms with Crippen molar-refractivity contribution in [2.45, 2.75) is 19.8 Å². The third kappa shape index (κ3) is 3.90. The van der Waals surface area contributed by atoms with Gasteiger partial charge in [-0.25, -0.2) is 0 Å². The van der Waals surface area contributed by atoms with Crippen LogP contribution in [0.4, 0.5) is 4.79 Å². The van der Waals surface area contributed by atoms with Crippen LogP contribution in [0.2, 0.25) is 0 Å². The van der Waals surface area contributed by atoms with Gasteiger partial charge >= 0.3 is 0 Å². The first kappa shape index (κ1) is 17.9. The van der Waals surface area contributed by atoms with E-state index in [1.54, 1.807) is 32.4 Å². The maximum atomic E-state index is 12.4. The van der Waals surface area contributed by atoms with E-state index in [0.717, 1.165) is 29.1 Å². The van der Waals surface area contributed by atoms with Crippen molar-refractivity contribution in [1.29, 1.82) is 0 Å². The minimum absolute atomic E-state index is 0.221. The second-order valence-electron chi connectivity index (χ2n) is 4.92. The number of hydrogen-bond donors (Lipinski definition) is 0. The van der Waals surface area contributed by atoms with Crippen LogP contribution in [-0.4, -0.2) is 36.8 Å². The minimum Gasteiger partial charge on any atom is -0.496 e. The summed E-state index contributed by atoms with van der Waals surface area (Å²) in [6, 6.07) is 3.54. The Balaban J connectivity index is 2.33. The first-order valence-corrected chi connectivity index (χ1v) is 8.79. The summed E-state index contributed by atoms with van der Waals surface area (Å²) in [7, 11) is 3.12. The van der Waals surface area contributed by atoms with Crippen molar-refractivity contribution < 1.29 is 19.1 Å².